The van der Waals surface area contributed by atoms with Crippen molar-refractivity contribution >= 4 is 17.7 Å². The molecule has 0 fully saturated rings. The van der Waals surface area contributed by atoms with Crippen molar-refractivity contribution in [3.63, 3.8) is 0 Å². The van der Waals surface area contributed by atoms with E-state index >= 15 is 0 Å². The van der Waals surface area contributed by atoms with E-state index in [9.17, 15) is 0 Å². The Kier molecular flexibility index (Phi) is 4.00. The van der Waals surface area contributed by atoms with Crippen LogP contribution in [0.15, 0.2) is 24.3 Å². The molecule has 0 radical (unpaired) electrons. The van der Waals surface area contributed by atoms with Crippen molar-refractivity contribution < 1.29 is 5.11 Å². The summed E-state index contributed by atoms with van der Waals surface area (Å²) < 4.78 is 0. The lowest BCUT2D eigenvalue weighted by Gasteiger charge is -2.02. The molecule has 0 aliphatic carbocycles. The topological polar surface area (TPSA) is 20.2 Å². The molecule has 1 aromatic carbocycles. The summed E-state index contributed by atoms with van der Waals surface area (Å²) in [6, 6.07) is 5.89. The third kappa shape index (κ3) is 2.87. The molecule has 2 heteroatoms. The van der Waals surface area contributed by atoms with Gasteiger partial charge in [0.15, 0.2) is 0 Å². The first kappa shape index (κ1) is 10.3. The largest absolute Gasteiger partial charge is 0.392 e. The third-order valence-electron chi connectivity index (χ3n) is 1.91. The molecule has 0 bridgehead atoms. The first-order chi connectivity index (χ1) is 6.27. The smallest absolute Gasteiger partial charge is 0.0682 e. The Morgan fingerprint density at radius 3 is 2.85 bits per heavy atom. The van der Waals surface area contributed by atoms with E-state index in [1.54, 1.807) is 0 Å². The van der Waals surface area contributed by atoms with Gasteiger partial charge in [0, 0.05) is 5.88 Å². The zero-order valence-corrected chi connectivity index (χ0v) is 8.38. The first-order valence-electron chi connectivity index (χ1n) is 4.21. The highest BCUT2D eigenvalue weighted by Gasteiger charge is 1.95. The maximum absolute atomic E-state index is 8.93. The highest BCUT2D eigenvalue weighted by molar-refractivity contribution is 6.19. The molecule has 0 unspecified atom stereocenters. The second-order valence-electron chi connectivity index (χ2n) is 2.91. The summed E-state index contributed by atoms with van der Waals surface area (Å²) in [5, 5.41) is 8.93. The molecule has 0 spiro atoms. The van der Waals surface area contributed by atoms with Crippen molar-refractivity contribution in [3.8, 4) is 0 Å². The van der Waals surface area contributed by atoms with Crippen molar-refractivity contribution in [2.24, 2.45) is 0 Å². The second-order valence-corrected chi connectivity index (χ2v) is 3.21. The van der Waals surface area contributed by atoms with Crippen LogP contribution in [0, 0.1) is 6.92 Å². The minimum absolute atomic E-state index is 0.0853. The van der Waals surface area contributed by atoms with Gasteiger partial charge >= 0.3 is 0 Å². The summed E-state index contributed by atoms with van der Waals surface area (Å²) in [6.07, 6.45) is 3.87. The van der Waals surface area contributed by atoms with Gasteiger partial charge in [-0.2, -0.15) is 0 Å². The van der Waals surface area contributed by atoms with Gasteiger partial charge in [-0.15, -0.1) is 11.6 Å². The minimum atomic E-state index is 0.0853. The monoisotopic (exact) mass is 196 g/mol. The van der Waals surface area contributed by atoms with Crippen LogP contribution in [0.5, 0.6) is 0 Å². The molecular weight excluding hydrogens is 184 g/mol. The number of hydrogen-bond acceptors (Lipinski definition) is 1. The van der Waals surface area contributed by atoms with Gasteiger partial charge in [-0.1, -0.05) is 24.3 Å². The number of halogens is 1. The molecule has 0 atom stereocenters. The predicted octanol–water partition coefficient (Wildman–Crippen LogP) is 2.74. The SMILES string of the molecule is Cc1ccc(CO)cc1C=CCCl. The number of benzene rings is 1. The molecule has 0 saturated carbocycles. The summed E-state index contributed by atoms with van der Waals surface area (Å²) in [5.74, 6) is 0.517. The molecule has 1 N–H and O–H groups in total. The molecule has 0 saturated heterocycles. The second kappa shape index (κ2) is 5.05. The average Bonchev–Trinajstić information content (AvgIpc) is 2.17. The lowest BCUT2D eigenvalue weighted by atomic mass is 10.1. The van der Waals surface area contributed by atoms with Gasteiger partial charge < -0.3 is 5.11 Å². The van der Waals surface area contributed by atoms with Crippen molar-refractivity contribution in [1.29, 1.82) is 0 Å². The molecular formula is C11H13ClO. The van der Waals surface area contributed by atoms with E-state index in [4.69, 9.17) is 16.7 Å². The van der Waals surface area contributed by atoms with Crippen molar-refractivity contribution in [2.75, 3.05) is 5.88 Å². The molecule has 0 aliphatic rings. The zero-order valence-electron chi connectivity index (χ0n) is 7.63. The van der Waals surface area contributed by atoms with Crippen molar-refractivity contribution in [1.82, 2.24) is 0 Å². The van der Waals surface area contributed by atoms with Crippen LogP contribution in [-0.2, 0) is 6.61 Å². The van der Waals surface area contributed by atoms with E-state index in [2.05, 4.69) is 0 Å². The van der Waals surface area contributed by atoms with Gasteiger partial charge in [0.25, 0.3) is 0 Å². The fraction of sp³-hybridized carbons (Fsp3) is 0.273. The predicted molar refractivity (Wildman–Crippen MR) is 56.9 cm³/mol. The van der Waals surface area contributed by atoms with Crippen molar-refractivity contribution in [2.45, 2.75) is 13.5 Å². The number of allylic oxidation sites excluding steroid dienone is 1. The van der Waals surface area contributed by atoms with Crippen LogP contribution < -0.4 is 0 Å². The van der Waals surface area contributed by atoms with Gasteiger partial charge in [0.2, 0.25) is 0 Å². The summed E-state index contributed by atoms with van der Waals surface area (Å²) in [4.78, 5) is 0. The van der Waals surface area contributed by atoms with Crippen LogP contribution in [0.4, 0.5) is 0 Å². The summed E-state index contributed by atoms with van der Waals surface area (Å²) in [5.41, 5.74) is 3.24. The van der Waals surface area contributed by atoms with Gasteiger partial charge in [0.1, 0.15) is 0 Å². The zero-order chi connectivity index (χ0) is 9.68. The normalized spacial score (nSPS) is 11.0. The van der Waals surface area contributed by atoms with Gasteiger partial charge in [0.05, 0.1) is 6.61 Å². The molecule has 0 aromatic heterocycles. The molecule has 1 nitrogen and oxygen atoms in total. The molecule has 13 heavy (non-hydrogen) atoms. The molecule has 0 heterocycles. The van der Waals surface area contributed by atoms with E-state index in [1.165, 1.54) is 5.56 Å². The Morgan fingerprint density at radius 1 is 1.46 bits per heavy atom. The van der Waals surface area contributed by atoms with E-state index in [1.807, 2.05) is 37.3 Å². The fourth-order valence-corrected chi connectivity index (χ4v) is 1.23. The van der Waals surface area contributed by atoms with Gasteiger partial charge in [-0.25, -0.2) is 0 Å². The number of hydrogen-bond donors (Lipinski definition) is 1. The highest BCUT2D eigenvalue weighted by atomic mass is 35.5. The number of aliphatic hydroxyl groups is 1. The number of aryl methyl sites for hydroxylation is 1. The van der Waals surface area contributed by atoms with Crippen LogP contribution in [0.1, 0.15) is 16.7 Å². The highest BCUT2D eigenvalue weighted by Crippen LogP contribution is 2.13. The van der Waals surface area contributed by atoms with E-state index in [-0.39, 0.29) is 6.61 Å². The quantitative estimate of drug-likeness (QED) is 0.738. The molecule has 70 valence electrons. The van der Waals surface area contributed by atoms with Gasteiger partial charge in [-0.05, 0) is 29.7 Å². The Labute approximate surface area is 83.7 Å². The van der Waals surface area contributed by atoms with Crippen LogP contribution in [0.2, 0.25) is 0 Å². The Balaban J connectivity index is 2.97. The first-order valence-corrected chi connectivity index (χ1v) is 4.74. The Hall–Kier alpha value is -0.790. The minimum Gasteiger partial charge on any atom is -0.392 e. The lowest BCUT2D eigenvalue weighted by molar-refractivity contribution is 0.282. The van der Waals surface area contributed by atoms with E-state index < -0.39 is 0 Å². The van der Waals surface area contributed by atoms with Crippen LogP contribution in [0.25, 0.3) is 6.08 Å². The van der Waals surface area contributed by atoms with Gasteiger partial charge in [-0.3, -0.25) is 0 Å². The molecule has 1 aromatic rings. The lowest BCUT2D eigenvalue weighted by Crippen LogP contribution is -1.87. The maximum Gasteiger partial charge on any atom is 0.0682 e. The molecule has 0 amide bonds. The Morgan fingerprint density at radius 2 is 2.23 bits per heavy atom. The maximum atomic E-state index is 8.93. The molecule has 1 rings (SSSR count). The summed E-state index contributed by atoms with van der Waals surface area (Å²) in [6.45, 7) is 2.12. The Bertz CT molecular complexity index is 305. The van der Waals surface area contributed by atoms with Crippen LogP contribution >= 0.6 is 11.6 Å². The standard InChI is InChI=1S/C11H13ClO/c1-9-4-5-10(8-13)7-11(9)3-2-6-12/h2-5,7,13H,6,8H2,1H3. The van der Waals surface area contributed by atoms with Crippen LogP contribution in [0.3, 0.4) is 0 Å². The third-order valence-corrected chi connectivity index (χ3v) is 2.09. The van der Waals surface area contributed by atoms with E-state index in [0.29, 0.717) is 5.88 Å². The number of alkyl halides is 1. The summed E-state index contributed by atoms with van der Waals surface area (Å²) >= 11 is 5.54. The average molecular weight is 197 g/mol. The number of aliphatic hydroxyl groups excluding tert-OH is 1. The van der Waals surface area contributed by atoms with Crippen LogP contribution in [-0.4, -0.2) is 11.0 Å². The van der Waals surface area contributed by atoms with Crippen molar-refractivity contribution in [3.05, 3.63) is 41.0 Å². The fourth-order valence-electron chi connectivity index (χ4n) is 1.14. The number of rotatable bonds is 3. The summed E-state index contributed by atoms with van der Waals surface area (Å²) in [7, 11) is 0. The molecule has 0 aliphatic heterocycles. The van der Waals surface area contributed by atoms with E-state index in [0.717, 1.165) is 11.1 Å².